The van der Waals surface area contributed by atoms with Gasteiger partial charge in [0.05, 0.1) is 30.8 Å². The van der Waals surface area contributed by atoms with Gasteiger partial charge in [-0.1, -0.05) is 6.07 Å². The molecule has 1 aliphatic rings. The Balaban J connectivity index is 1.67. The van der Waals surface area contributed by atoms with Gasteiger partial charge in [0.1, 0.15) is 5.82 Å². The van der Waals surface area contributed by atoms with Gasteiger partial charge in [-0.05, 0) is 50.6 Å². The zero-order valence-electron chi connectivity index (χ0n) is 15.8. The number of nitrogens with zero attached hydrogens (tertiary/aromatic N) is 2. The van der Waals surface area contributed by atoms with Crippen molar-refractivity contribution in [1.82, 2.24) is 9.88 Å². The van der Waals surface area contributed by atoms with Crippen LogP contribution < -0.4 is 10.6 Å². The van der Waals surface area contributed by atoms with Crippen LogP contribution in [0.3, 0.4) is 0 Å². The van der Waals surface area contributed by atoms with E-state index >= 15 is 0 Å². The first-order chi connectivity index (χ1) is 12.9. The molecule has 0 unspecified atom stereocenters. The van der Waals surface area contributed by atoms with E-state index in [0.717, 1.165) is 11.3 Å². The number of aryl methyl sites for hydroxylation is 1. The fourth-order valence-corrected chi connectivity index (χ4v) is 3.15. The van der Waals surface area contributed by atoms with Gasteiger partial charge >= 0.3 is 6.03 Å². The average molecular weight is 372 g/mol. The Kier molecular flexibility index (Phi) is 6.03. The number of halogens is 1. The molecule has 7 heteroatoms. The number of hydrogen-bond acceptors (Lipinski definition) is 4. The largest absolute Gasteiger partial charge is 0.378 e. The van der Waals surface area contributed by atoms with E-state index in [1.165, 1.54) is 6.07 Å². The van der Waals surface area contributed by atoms with Crippen LogP contribution in [0.15, 0.2) is 36.5 Å². The van der Waals surface area contributed by atoms with Gasteiger partial charge in [-0.25, -0.2) is 9.18 Å². The maximum absolute atomic E-state index is 14.2. The second-order valence-electron chi connectivity index (χ2n) is 6.99. The zero-order chi connectivity index (χ0) is 19.4. The highest BCUT2D eigenvalue weighted by Gasteiger charge is 2.25. The molecule has 1 saturated heterocycles. The molecule has 0 aliphatic carbocycles. The van der Waals surface area contributed by atoms with Crippen molar-refractivity contribution in [3.63, 3.8) is 0 Å². The summed E-state index contributed by atoms with van der Waals surface area (Å²) >= 11 is 0. The van der Waals surface area contributed by atoms with E-state index in [2.05, 4.69) is 34.4 Å². The number of benzene rings is 1. The standard InChI is InChI=1S/C20H25FN4O2/c1-13-4-6-17(9-22-13)23-20(26)24-19-8-16(5-7-18(19)21)10-25-14(2)11-27-12-15(25)3/h4-9,14-15H,10-12H2,1-3H3,(H2,23,24,26)/t14-,15-/m1/s1. The summed E-state index contributed by atoms with van der Waals surface area (Å²) < 4.78 is 19.7. The molecule has 2 atom stereocenters. The Hall–Kier alpha value is -2.51. The summed E-state index contributed by atoms with van der Waals surface area (Å²) in [6.45, 7) is 8.13. The number of ether oxygens (including phenoxy) is 1. The van der Waals surface area contributed by atoms with Crippen LogP contribution in [0, 0.1) is 12.7 Å². The number of urea groups is 1. The molecule has 3 rings (SSSR count). The normalized spacial score (nSPS) is 20.3. The summed E-state index contributed by atoms with van der Waals surface area (Å²) in [6, 6.07) is 8.41. The lowest BCUT2D eigenvalue weighted by molar-refractivity contribution is -0.0409. The number of anilines is 2. The lowest BCUT2D eigenvalue weighted by Crippen LogP contribution is -2.48. The van der Waals surface area contributed by atoms with Crippen LogP contribution in [0.2, 0.25) is 0 Å². The lowest BCUT2D eigenvalue weighted by atomic mass is 10.1. The topological polar surface area (TPSA) is 66.5 Å². The number of carbonyl (C=O) groups excluding carboxylic acids is 1. The Bertz CT molecular complexity index is 787. The van der Waals surface area contributed by atoms with Crippen molar-refractivity contribution in [3.05, 3.63) is 53.6 Å². The Morgan fingerprint density at radius 3 is 2.63 bits per heavy atom. The zero-order valence-corrected chi connectivity index (χ0v) is 15.8. The van der Waals surface area contributed by atoms with Gasteiger partial charge in [0.25, 0.3) is 0 Å². The molecule has 0 spiro atoms. The number of amides is 2. The Labute approximate surface area is 158 Å². The van der Waals surface area contributed by atoms with Crippen LogP contribution in [0.25, 0.3) is 0 Å². The molecule has 1 aromatic heterocycles. The number of morpholine rings is 1. The summed E-state index contributed by atoms with van der Waals surface area (Å²) in [7, 11) is 0. The molecule has 6 nitrogen and oxygen atoms in total. The molecule has 2 amide bonds. The van der Waals surface area contributed by atoms with Gasteiger partial charge in [-0.3, -0.25) is 9.88 Å². The maximum atomic E-state index is 14.2. The van der Waals surface area contributed by atoms with Crippen molar-refractivity contribution in [2.24, 2.45) is 0 Å². The number of pyridine rings is 1. The number of hydrogen-bond donors (Lipinski definition) is 2. The lowest BCUT2D eigenvalue weighted by Gasteiger charge is -2.38. The highest BCUT2D eigenvalue weighted by molar-refractivity contribution is 5.99. The third-order valence-corrected chi connectivity index (χ3v) is 4.66. The summed E-state index contributed by atoms with van der Waals surface area (Å²) in [4.78, 5) is 18.6. The van der Waals surface area contributed by atoms with Gasteiger partial charge in [0.15, 0.2) is 0 Å². The van der Waals surface area contributed by atoms with E-state index < -0.39 is 11.8 Å². The van der Waals surface area contributed by atoms with Crippen LogP contribution in [0.1, 0.15) is 25.1 Å². The van der Waals surface area contributed by atoms with Crippen molar-refractivity contribution >= 4 is 17.4 Å². The predicted octanol–water partition coefficient (Wildman–Crippen LogP) is 3.78. The van der Waals surface area contributed by atoms with Crippen LogP contribution in [0.5, 0.6) is 0 Å². The molecule has 0 bridgehead atoms. The Morgan fingerprint density at radius 1 is 1.22 bits per heavy atom. The van der Waals surface area contributed by atoms with E-state index in [4.69, 9.17) is 4.74 Å². The molecule has 2 N–H and O–H groups in total. The Morgan fingerprint density at radius 2 is 1.96 bits per heavy atom. The SMILES string of the molecule is Cc1ccc(NC(=O)Nc2cc(CN3[C@H](C)COC[C@H]3C)ccc2F)cn1. The van der Waals surface area contributed by atoms with E-state index in [0.29, 0.717) is 25.4 Å². The van der Waals surface area contributed by atoms with Crippen LogP contribution in [-0.2, 0) is 11.3 Å². The van der Waals surface area contributed by atoms with E-state index in [1.807, 2.05) is 6.92 Å². The first-order valence-electron chi connectivity index (χ1n) is 9.05. The molecular weight excluding hydrogens is 347 g/mol. The first kappa shape index (κ1) is 19.3. The van der Waals surface area contributed by atoms with Gasteiger partial charge < -0.3 is 15.4 Å². The maximum Gasteiger partial charge on any atom is 0.323 e. The van der Waals surface area contributed by atoms with Crippen molar-refractivity contribution < 1.29 is 13.9 Å². The second-order valence-corrected chi connectivity index (χ2v) is 6.99. The minimum atomic E-state index is -0.509. The summed E-state index contributed by atoms with van der Waals surface area (Å²) in [5, 5.41) is 5.23. The smallest absolute Gasteiger partial charge is 0.323 e. The van der Waals surface area contributed by atoms with Gasteiger partial charge in [-0.15, -0.1) is 0 Å². The summed E-state index contributed by atoms with van der Waals surface area (Å²) in [6.07, 6.45) is 1.56. The molecule has 2 aromatic rings. The van der Waals surface area contributed by atoms with Crippen molar-refractivity contribution in [2.75, 3.05) is 23.8 Å². The van der Waals surface area contributed by atoms with E-state index in [1.54, 1.807) is 30.5 Å². The average Bonchev–Trinajstić information content (AvgIpc) is 2.63. The van der Waals surface area contributed by atoms with Crippen LogP contribution >= 0.6 is 0 Å². The number of aromatic nitrogens is 1. The van der Waals surface area contributed by atoms with Crippen molar-refractivity contribution in [2.45, 2.75) is 39.4 Å². The van der Waals surface area contributed by atoms with Crippen molar-refractivity contribution in [1.29, 1.82) is 0 Å². The monoisotopic (exact) mass is 372 g/mol. The molecular formula is C20H25FN4O2. The van der Waals surface area contributed by atoms with E-state index in [-0.39, 0.29) is 17.8 Å². The fourth-order valence-electron chi connectivity index (χ4n) is 3.15. The van der Waals surface area contributed by atoms with Gasteiger partial charge in [0, 0.05) is 24.3 Å². The first-order valence-corrected chi connectivity index (χ1v) is 9.05. The van der Waals surface area contributed by atoms with Gasteiger partial charge in [-0.2, -0.15) is 0 Å². The molecule has 2 heterocycles. The quantitative estimate of drug-likeness (QED) is 0.857. The van der Waals surface area contributed by atoms with Gasteiger partial charge in [0.2, 0.25) is 0 Å². The number of nitrogens with one attached hydrogen (secondary N) is 2. The highest BCUT2D eigenvalue weighted by Crippen LogP contribution is 2.21. The molecule has 1 aromatic carbocycles. The van der Waals surface area contributed by atoms with Crippen molar-refractivity contribution in [3.8, 4) is 0 Å². The number of rotatable bonds is 4. The van der Waals surface area contributed by atoms with Crippen LogP contribution in [-0.4, -0.2) is 41.2 Å². The fraction of sp³-hybridized carbons (Fsp3) is 0.400. The highest BCUT2D eigenvalue weighted by atomic mass is 19.1. The summed E-state index contributed by atoms with van der Waals surface area (Å²) in [5.41, 5.74) is 2.49. The van der Waals surface area contributed by atoms with E-state index in [9.17, 15) is 9.18 Å². The third-order valence-electron chi connectivity index (χ3n) is 4.66. The second kappa shape index (κ2) is 8.45. The predicted molar refractivity (Wildman–Crippen MR) is 103 cm³/mol. The molecule has 1 aliphatic heterocycles. The minimum Gasteiger partial charge on any atom is -0.378 e. The molecule has 0 saturated carbocycles. The van der Waals surface area contributed by atoms with Crippen LogP contribution in [0.4, 0.5) is 20.6 Å². The molecule has 1 fully saturated rings. The summed E-state index contributed by atoms with van der Waals surface area (Å²) in [5.74, 6) is -0.473. The molecule has 0 radical (unpaired) electrons. The number of carbonyl (C=O) groups is 1. The third kappa shape index (κ3) is 5.02. The molecule has 27 heavy (non-hydrogen) atoms. The minimum absolute atomic E-state index is 0.152. The molecule has 144 valence electrons.